The molecule has 1 amide bonds. The number of halogens is 1. The Balaban J connectivity index is 1.65. The van der Waals surface area contributed by atoms with Gasteiger partial charge in [-0.2, -0.15) is 0 Å². The molecule has 0 spiro atoms. The van der Waals surface area contributed by atoms with Gasteiger partial charge in [-0.05, 0) is 31.2 Å². The van der Waals surface area contributed by atoms with E-state index in [-0.39, 0.29) is 18.4 Å². The average Bonchev–Trinajstić information content (AvgIpc) is 2.97. The van der Waals surface area contributed by atoms with Crippen molar-refractivity contribution in [1.29, 1.82) is 0 Å². The van der Waals surface area contributed by atoms with Gasteiger partial charge in [0, 0.05) is 11.8 Å². The van der Waals surface area contributed by atoms with Crippen molar-refractivity contribution in [2.24, 2.45) is 0 Å². The molecule has 0 radical (unpaired) electrons. The molecule has 6 heteroatoms. The first-order valence-corrected chi connectivity index (χ1v) is 6.75. The smallest absolute Gasteiger partial charge is 0.265 e. The van der Waals surface area contributed by atoms with E-state index in [1.807, 2.05) is 0 Å². The molecule has 1 aliphatic rings. The van der Waals surface area contributed by atoms with Crippen molar-refractivity contribution in [3.63, 3.8) is 0 Å². The van der Waals surface area contributed by atoms with Gasteiger partial charge in [-0.3, -0.25) is 4.79 Å². The molecule has 2 aromatic rings. The summed E-state index contributed by atoms with van der Waals surface area (Å²) in [5.41, 5.74) is 0.554. The fraction of sp³-hybridized carbons (Fsp3) is 0.188. The fourth-order valence-corrected chi connectivity index (χ4v) is 2.00. The number of para-hydroxylation sites is 1. The van der Waals surface area contributed by atoms with Crippen LogP contribution >= 0.6 is 0 Å². The molecular weight excluding hydrogens is 289 g/mol. The number of anilines is 1. The van der Waals surface area contributed by atoms with Gasteiger partial charge in [-0.25, -0.2) is 4.39 Å². The van der Waals surface area contributed by atoms with E-state index in [4.69, 9.17) is 14.2 Å². The van der Waals surface area contributed by atoms with Gasteiger partial charge < -0.3 is 19.5 Å². The Labute approximate surface area is 126 Å². The van der Waals surface area contributed by atoms with Gasteiger partial charge in [0.2, 0.25) is 6.79 Å². The van der Waals surface area contributed by atoms with Gasteiger partial charge in [0.05, 0.1) is 0 Å². The van der Waals surface area contributed by atoms with Crippen LogP contribution in [-0.4, -0.2) is 18.8 Å². The molecule has 22 heavy (non-hydrogen) atoms. The molecule has 0 bridgehead atoms. The predicted octanol–water partition coefficient (Wildman–Crippen LogP) is 2.96. The number of carbonyl (C=O) groups is 1. The van der Waals surface area contributed by atoms with Gasteiger partial charge in [-0.15, -0.1) is 0 Å². The molecular formula is C16H14FNO4. The van der Waals surface area contributed by atoms with Crippen LogP contribution in [0.15, 0.2) is 42.5 Å². The largest absolute Gasteiger partial charge is 0.478 e. The predicted molar refractivity (Wildman–Crippen MR) is 77.7 cm³/mol. The first-order valence-electron chi connectivity index (χ1n) is 6.75. The molecule has 0 fully saturated rings. The molecule has 0 saturated carbocycles. The molecule has 1 N–H and O–H groups in total. The Morgan fingerprint density at radius 1 is 1.23 bits per heavy atom. The van der Waals surface area contributed by atoms with E-state index in [1.165, 1.54) is 12.1 Å². The van der Waals surface area contributed by atoms with E-state index >= 15 is 0 Å². The number of rotatable bonds is 4. The van der Waals surface area contributed by atoms with Crippen molar-refractivity contribution in [1.82, 2.24) is 0 Å². The monoisotopic (exact) mass is 303 g/mol. The minimum atomic E-state index is -0.845. The number of nitrogens with one attached hydrogen (secondary N) is 1. The topological polar surface area (TPSA) is 56.8 Å². The Morgan fingerprint density at radius 3 is 2.82 bits per heavy atom. The first-order chi connectivity index (χ1) is 10.6. The number of ether oxygens (including phenoxy) is 3. The molecule has 0 saturated heterocycles. The normalized spacial score (nSPS) is 13.5. The Kier molecular flexibility index (Phi) is 3.82. The number of amides is 1. The second-order valence-corrected chi connectivity index (χ2v) is 4.75. The molecule has 1 heterocycles. The lowest BCUT2D eigenvalue weighted by atomic mass is 10.2. The summed E-state index contributed by atoms with van der Waals surface area (Å²) in [6.07, 6.45) is -0.845. The van der Waals surface area contributed by atoms with Crippen molar-refractivity contribution >= 4 is 11.6 Å². The van der Waals surface area contributed by atoms with Crippen LogP contribution in [0.4, 0.5) is 10.1 Å². The second-order valence-electron chi connectivity index (χ2n) is 4.75. The molecule has 0 unspecified atom stereocenters. The third-order valence-corrected chi connectivity index (χ3v) is 3.15. The highest BCUT2D eigenvalue weighted by molar-refractivity contribution is 5.94. The summed E-state index contributed by atoms with van der Waals surface area (Å²) in [7, 11) is 0. The van der Waals surface area contributed by atoms with E-state index < -0.39 is 11.9 Å². The SMILES string of the molecule is C[C@H](Oc1ccccc1F)C(=O)Nc1ccc2c(c1)OCO2. The van der Waals surface area contributed by atoms with Crippen LogP contribution in [0, 0.1) is 5.82 Å². The van der Waals surface area contributed by atoms with Crippen LogP contribution in [0.5, 0.6) is 17.2 Å². The summed E-state index contributed by atoms with van der Waals surface area (Å²) < 4.78 is 29.3. The van der Waals surface area contributed by atoms with Crippen molar-refractivity contribution in [2.75, 3.05) is 12.1 Å². The highest BCUT2D eigenvalue weighted by Gasteiger charge is 2.18. The Morgan fingerprint density at radius 2 is 2.00 bits per heavy atom. The Bertz CT molecular complexity index is 704. The minimum absolute atomic E-state index is 0.0378. The van der Waals surface area contributed by atoms with Crippen LogP contribution in [0.2, 0.25) is 0 Å². The zero-order valence-corrected chi connectivity index (χ0v) is 11.8. The maximum atomic E-state index is 13.5. The maximum Gasteiger partial charge on any atom is 0.265 e. The standard InChI is InChI=1S/C16H14FNO4/c1-10(22-13-5-3-2-4-12(13)17)16(19)18-11-6-7-14-15(8-11)21-9-20-14/h2-8,10H,9H2,1H3,(H,18,19)/t10-/m0/s1. The van der Waals surface area contributed by atoms with E-state index in [2.05, 4.69) is 5.32 Å². The molecule has 1 aliphatic heterocycles. The van der Waals surface area contributed by atoms with E-state index in [1.54, 1.807) is 37.3 Å². The zero-order chi connectivity index (χ0) is 15.5. The molecule has 3 rings (SSSR count). The molecule has 5 nitrogen and oxygen atoms in total. The lowest BCUT2D eigenvalue weighted by Crippen LogP contribution is -2.30. The van der Waals surface area contributed by atoms with E-state index in [9.17, 15) is 9.18 Å². The van der Waals surface area contributed by atoms with Gasteiger partial charge in [0.15, 0.2) is 29.2 Å². The summed E-state index contributed by atoms with van der Waals surface area (Å²) in [6, 6.07) is 11.0. The third kappa shape index (κ3) is 2.95. The zero-order valence-electron chi connectivity index (χ0n) is 11.8. The van der Waals surface area contributed by atoms with Crippen LogP contribution in [0.3, 0.4) is 0 Å². The van der Waals surface area contributed by atoms with Crippen LogP contribution in [-0.2, 0) is 4.79 Å². The van der Waals surface area contributed by atoms with Gasteiger partial charge in [0.1, 0.15) is 0 Å². The van der Waals surface area contributed by atoms with Crippen molar-refractivity contribution in [3.05, 3.63) is 48.3 Å². The van der Waals surface area contributed by atoms with Crippen LogP contribution < -0.4 is 19.5 Å². The first kappa shape index (κ1) is 14.2. The lowest BCUT2D eigenvalue weighted by Gasteiger charge is -2.15. The summed E-state index contributed by atoms with van der Waals surface area (Å²) in [6.45, 7) is 1.72. The fourth-order valence-electron chi connectivity index (χ4n) is 2.00. The molecule has 0 aliphatic carbocycles. The van der Waals surface area contributed by atoms with Crippen molar-refractivity contribution < 1.29 is 23.4 Å². The van der Waals surface area contributed by atoms with Gasteiger partial charge in [0.25, 0.3) is 5.91 Å². The summed E-state index contributed by atoms with van der Waals surface area (Å²) in [5, 5.41) is 2.69. The number of hydrogen-bond acceptors (Lipinski definition) is 4. The summed E-state index contributed by atoms with van der Waals surface area (Å²) in [4.78, 5) is 12.1. The third-order valence-electron chi connectivity index (χ3n) is 3.15. The van der Waals surface area contributed by atoms with E-state index in [0.29, 0.717) is 17.2 Å². The van der Waals surface area contributed by atoms with Crippen molar-refractivity contribution in [2.45, 2.75) is 13.0 Å². The van der Waals surface area contributed by atoms with Crippen LogP contribution in [0.1, 0.15) is 6.92 Å². The number of fused-ring (bicyclic) bond motifs is 1. The van der Waals surface area contributed by atoms with Crippen LogP contribution in [0.25, 0.3) is 0 Å². The average molecular weight is 303 g/mol. The summed E-state index contributed by atoms with van der Waals surface area (Å²) in [5.74, 6) is 0.345. The highest BCUT2D eigenvalue weighted by atomic mass is 19.1. The van der Waals surface area contributed by atoms with Crippen molar-refractivity contribution in [3.8, 4) is 17.2 Å². The molecule has 114 valence electrons. The summed E-state index contributed by atoms with van der Waals surface area (Å²) >= 11 is 0. The van der Waals surface area contributed by atoms with Gasteiger partial charge in [-0.1, -0.05) is 12.1 Å². The maximum absolute atomic E-state index is 13.5. The second kappa shape index (κ2) is 5.93. The molecule has 0 aromatic heterocycles. The lowest BCUT2D eigenvalue weighted by molar-refractivity contribution is -0.122. The molecule has 1 atom stereocenters. The molecule has 2 aromatic carbocycles. The minimum Gasteiger partial charge on any atom is -0.478 e. The van der Waals surface area contributed by atoms with E-state index in [0.717, 1.165) is 0 Å². The number of benzene rings is 2. The Hall–Kier alpha value is -2.76. The quantitative estimate of drug-likeness (QED) is 0.943. The number of hydrogen-bond donors (Lipinski definition) is 1. The number of carbonyl (C=O) groups excluding carboxylic acids is 1. The highest BCUT2D eigenvalue weighted by Crippen LogP contribution is 2.34. The van der Waals surface area contributed by atoms with Gasteiger partial charge >= 0.3 is 0 Å².